The summed E-state index contributed by atoms with van der Waals surface area (Å²) < 4.78 is 48.0. The van der Waals surface area contributed by atoms with E-state index in [-0.39, 0.29) is 18.4 Å². The zero-order valence-electron chi connectivity index (χ0n) is 11.7. The highest BCUT2D eigenvalue weighted by atomic mass is 19.4. The smallest absolute Gasteiger partial charge is 0.398 e. The van der Waals surface area contributed by atoms with Gasteiger partial charge in [0.15, 0.2) is 0 Å². The minimum atomic E-state index is -4.58. The zero-order valence-corrected chi connectivity index (χ0v) is 11.7. The lowest BCUT2D eigenvalue weighted by molar-refractivity contribution is -0.137. The van der Waals surface area contributed by atoms with E-state index in [1.165, 1.54) is 13.2 Å². The number of halogens is 3. The third kappa shape index (κ3) is 5.60. The number of ether oxygens (including phenoxy) is 2. The molecule has 1 unspecified atom stereocenters. The Morgan fingerprint density at radius 3 is 2.67 bits per heavy atom. The number of hydrogen-bond donors (Lipinski definition) is 2. The molecule has 0 saturated carbocycles. The lowest BCUT2D eigenvalue weighted by Gasteiger charge is -2.14. The van der Waals surface area contributed by atoms with Gasteiger partial charge < -0.3 is 20.5 Å². The number of nitrogen functional groups attached to an aromatic ring is 1. The van der Waals surface area contributed by atoms with Gasteiger partial charge in [-0.15, -0.1) is 0 Å². The Labute approximate surface area is 120 Å². The summed E-state index contributed by atoms with van der Waals surface area (Å²) in [7, 11) is 1.49. The fraction of sp³-hybridized carbons (Fsp3) is 0.462. The van der Waals surface area contributed by atoms with Crippen molar-refractivity contribution in [3.63, 3.8) is 0 Å². The fourth-order valence-electron chi connectivity index (χ4n) is 1.58. The van der Waals surface area contributed by atoms with E-state index in [1.54, 1.807) is 6.92 Å². The minimum Gasteiger partial charge on any atom is -0.398 e. The van der Waals surface area contributed by atoms with Crippen LogP contribution < -0.4 is 11.1 Å². The van der Waals surface area contributed by atoms with E-state index in [0.717, 1.165) is 12.1 Å². The lowest BCUT2D eigenvalue weighted by Crippen LogP contribution is -2.24. The Balaban J connectivity index is 2.65. The SMILES string of the molecule is COCC(C)OCC(=O)Nc1ccc(N)c(C(F)(F)F)c1. The summed E-state index contributed by atoms with van der Waals surface area (Å²) in [5.41, 5.74) is 3.88. The summed E-state index contributed by atoms with van der Waals surface area (Å²) in [6, 6.07) is 3.17. The van der Waals surface area contributed by atoms with Gasteiger partial charge in [0.2, 0.25) is 5.91 Å². The van der Waals surface area contributed by atoms with Gasteiger partial charge in [-0.05, 0) is 25.1 Å². The van der Waals surface area contributed by atoms with Gasteiger partial charge in [0.05, 0.1) is 18.3 Å². The first-order valence-corrected chi connectivity index (χ1v) is 6.11. The summed E-state index contributed by atoms with van der Waals surface area (Å²) in [4.78, 5) is 11.6. The van der Waals surface area contributed by atoms with Crippen molar-refractivity contribution in [1.29, 1.82) is 0 Å². The lowest BCUT2D eigenvalue weighted by atomic mass is 10.1. The highest BCUT2D eigenvalue weighted by Gasteiger charge is 2.33. The molecule has 1 atom stereocenters. The normalized spacial score (nSPS) is 13.0. The maximum absolute atomic E-state index is 12.7. The molecular weight excluding hydrogens is 289 g/mol. The molecule has 0 heterocycles. The molecule has 21 heavy (non-hydrogen) atoms. The van der Waals surface area contributed by atoms with Crippen LogP contribution in [0.5, 0.6) is 0 Å². The average molecular weight is 306 g/mol. The quantitative estimate of drug-likeness (QED) is 0.791. The fourth-order valence-corrected chi connectivity index (χ4v) is 1.58. The van der Waals surface area contributed by atoms with Gasteiger partial charge in [0, 0.05) is 18.5 Å². The molecule has 0 bridgehead atoms. The molecule has 8 heteroatoms. The maximum atomic E-state index is 12.7. The molecule has 1 aromatic carbocycles. The number of benzene rings is 1. The van der Waals surface area contributed by atoms with Crippen molar-refractivity contribution in [3.05, 3.63) is 23.8 Å². The van der Waals surface area contributed by atoms with Crippen molar-refractivity contribution in [2.24, 2.45) is 0 Å². The van der Waals surface area contributed by atoms with Crippen molar-refractivity contribution in [3.8, 4) is 0 Å². The van der Waals surface area contributed by atoms with Crippen LogP contribution in [0.4, 0.5) is 24.5 Å². The van der Waals surface area contributed by atoms with Gasteiger partial charge in [-0.2, -0.15) is 13.2 Å². The molecule has 0 aliphatic heterocycles. The van der Waals surface area contributed by atoms with E-state index >= 15 is 0 Å². The van der Waals surface area contributed by atoms with Crippen molar-refractivity contribution in [2.45, 2.75) is 19.2 Å². The first-order valence-electron chi connectivity index (χ1n) is 6.11. The Morgan fingerprint density at radius 1 is 1.43 bits per heavy atom. The third-order valence-corrected chi connectivity index (χ3v) is 2.54. The monoisotopic (exact) mass is 306 g/mol. The van der Waals surface area contributed by atoms with E-state index in [4.69, 9.17) is 15.2 Å². The number of anilines is 2. The van der Waals surface area contributed by atoms with Gasteiger partial charge in [-0.3, -0.25) is 4.79 Å². The van der Waals surface area contributed by atoms with E-state index < -0.39 is 23.3 Å². The van der Waals surface area contributed by atoms with Gasteiger partial charge in [0.25, 0.3) is 0 Å². The van der Waals surface area contributed by atoms with E-state index in [0.29, 0.717) is 6.61 Å². The second kappa shape index (κ2) is 7.28. The standard InChI is InChI=1S/C13H17F3N2O3/c1-8(6-20-2)21-7-12(19)18-9-3-4-11(17)10(5-9)13(14,15)16/h3-5,8H,6-7,17H2,1-2H3,(H,18,19). The molecule has 0 spiro atoms. The Bertz CT molecular complexity index is 492. The summed E-state index contributed by atoms with van der Waals surface area (Å²) >= 11 is 0. The van der Waals surface area contributed by atoms with Crippen molar-refractivity contribution in [2.75, 3.05) is 31.4 Å². The van der Waals surface area contributed by atoms with Crippen LogP contribution in [0.3, 0.4) is 0 Å². The van der Waals surface area contributed by atoms with E-state index in [2.05, 4.69) is 5.32 Å². The Hall–Kier alpha value is -1.80. The predicted octanol–water partition coefficient (Wildman–Crippen LogP) is 2.28. The van der Waals surface area contributed by atoms with Crippen LogP contribution in [0.15, 0.2) is 18.2 Å². The zero-order chi connectivity index (χ0) is 16.0. The van der Waals surface area contributed by atoms with Crippen LogP contribution >= 0.6 is 0 Å². The number of amides is 1. The molecule has 0 fully saturated rings. The van der Waals surface area contributed by atoms with Gasteiger partial charge in [-0.25, -0.2) is 0 Å². The third-order valence-electron chi connectivity index (χ3n) is 2.54. The van der Waals surface area contributed by atoms with Crippen molar-refractivity contribution >= 4 is 17.3 Å². The van der Waals surface area contributed by atoms with Crippen LogP contribution in [-0.2, 0) is 20.4 Å². The molecular formula is C13H17F3N2O3. The number of carbonyl (C=O) groups excluding carboxylic acids is 1. The molecule has 0 aliphatic carbocycles. The van der Waals surface area contributed by atoms with Gasteiger partial charge in [-0.1, -0.05) is 0 Å². The number of nitrogens with two attached hydrogens (primary N) is 1. The van der Waals surface area contributed by atoms with Crippen LogP contribution in [0.1, 0.15) is 12.5 Å². The van der Waals surface area contributed by atoms with E-state index in [1.807, 2.05) is 0 Å². The number of rotatable bonds is 6. The Morgan fingerprint density at radius 2 is 2.10 bits per heavy atom. The number of carbonyl (C=O) groups is 1. The summed E-state index contributed by atoms with van der Waals surface area (Å²) in [6.45, 7) is 1.74. The number of alkyl halides is 3. The first-order chi connectivity index (χ1) is 9.74. The van der Waals surface area contributed by atoms with Crippen LogP contribution in [0, 0.1) is 0 Å². The summed E-state index contributed by atoms with van der Waals surface area (Å²) in [6.07, 6.45) is -4.87. The first kappa shape index (κ1) is 17.3. The van der Waals surface area contributed by atoms with Crippen molar-refractivity contribution < 1.29 is 27.4 Å². The summed E-state index contributed by atoms with van der Waals surface area (Å²) in [5.74, 6) is -0.559. The maximum Gasteiger partial charge on any atom is 0.418 e. The molecule has 0 saturated heterocycles. The summed E-state index contributed by atoms with van der Waals surface area (Å²) in [5, 5.41) is 2.32. The van der Waals surface area contributed by atoms with Gasteiger partial charge in [0.1, 0.15) is 6.61 Å². The number of methoxy groups -OCH3 is 1. The molecule has 1 amide bonds. The number of hydrogen-bond acceptors (Lipinski definition) is 4. The number of nitrogens with one attached hydrogen (secondary N) is 1. The second-order valence-corrected chi connectivity index (χ2v) is 4.42. The average Bonchev–Trinajstić information content (AvgIpc) is 2.38. The van der Waals surface area contributed by atoms with Crippen LogP contribution in [-0.4, -0.2) is 32.3 Å². The van der Waals surface area contributed by atoms with Crippen LogP contribution in [0.2, 0.25) is 0 Å². The molecule has 0 radical (unpaired) electrons. The molecule has 0 aliphatic rings. The molecule has 3 N–H and O–H groups in total. The largest absolute Gasteiger partial charge is 0.418 e. The highest BCUT2D eigenvalue weighted by Crippen LogP contribution is 2.35. The Kier molecular flexibility index (Phi) is 5.98. The molecule has 1 aromatic rings. The molecule has 1 rings (SSSR count). The van der Waals surface area contributed by atoms with E-state index in [9.17, 15) is 18.0 Å². The highest BCUT2D eigenvalue weighted by molar-refractivity contribution is 5.92. The second-order valence-electron chi connectivity index (χ2n) is 4.42. The topological polar surface area (TPSA) is 73.6 Å². The van der Waals surface area contributed by atoms with Crippen molar-refractivity contribution in [1.82, 2.24) is 0 Å². The minimum absolute atomic E-state index is 0.00418. The molecule has 0 aromatic heterocycles. The van der Waals surface area contributed by atoms with Gasteiger partial charge >= 0.3 is 6.18 Å². The van der Waals surface area contributed by atoms with Crippen LogP contribution in [0.25, 0.3) is 0 Å². The predicted molar refractivity (Wildman–Crippen MR) is 71.8 cm³/mol. The molecule has 118 valence electrons. The molecule has 5 nitrogen and oxygen atoms in total.